The van der Waals surface area contributed by atoms with E-state index >= 15 is 0 Å². The van der Waals surface area contributed by atoms with Crippen LogP contribution in [0.15, 0.2) is 18.6 Å². The number of nitrogens with zero attached hydrogens (tertiary/aromatic N) is 2. The Hall–Kier alpha value is -1.16. The topological polar surface area (TPSA) is 49.8 Å². The lowest BCUT2D eigenvalue weighted by atomic mass is 10.1. The lowest BCUT2D eigenvalue weighted by Crippen LogP contribution is -2.24. The molecule has 1 aliphatic rings. The van der Waals surface area contributed by atoms with Crippen molar-refractivity contribution in [2.75, 3.05) is 18.4 Å². The van der Waals surface area contributed by atoms with Gasteiger partial charge < -0.3 is 10.6 Å². The van der Waals surface area contributed by atoms with Crippen LogP contribution in [-0.2, 0) is 0 Å². The summed E-state index contributed by atoms with van der Waals surface area (Å²) in [6.45, 7) is 2.15. The molecule has 0 radical (unpaired) electrons. The first-order valence-electron chi connectivity index (χ1n) is 5.18. The predicted molar refractivity (Wildman–Crippen MR) is 56.2 cm³/mol. The molecule has 4 heteroatoms. The van der Waals surface area contributed by atoms with E-state index in [0.29, 0.717) is 6.04 Å². The highest BCUT2D eigenvalue weighted by atomic mass is 15.0. The van der Waals surface area contributed by atoms with Gasteiger partial charge in [-0.1, -0.05) is 0 Å². The van der Waals surface area contributed by atoms with E-state index in [4.69, 9.17) is 0 Å². The van der Waals surface area contributed by atoms with Crippen molar-refractivity contribution in [1.29, 1.82) is 0 Å². The molecule has 2 rings (SSSR count). The summed E-state index contributed by atoms with van der Waals surface area (Å²) in [6.07, 6.45) is 8.93. The van der Waals surface area contributed by atoms with E-state index in [2.05, 4.69) is 20.6 Å². The summed E-state index contributed by atoms with van der Waals surface area (Å²) in [5.74, 6) is 0.866. The van der Waals surface area contributed by atoms with E-state index in [9.17, 15) is 0 Å². The Morgan fingerprint density at radius 3 is 3.21 bits per heavy atom. The maximum absolute atomic E-state index is 4.15. The third-order valence-corrected chi connectivity index (χ3v) is 2.52. The smallest absolute Gasteiger partial charge is 0.144 e. The number of aromatic nitrogens is 2. The third kappa shape index (κ3) is 2.67. The highest BCUT2D eigenvalue weighted by molar-refractivity contribution is 5.29. The summed E-state index contributed by atoms with van der Waals surface area (Å²) in [5.41, 5.74) is 0. The predicted octanol–water partition coefficient (Wildman–Crippen LogP) is 1.03. The number of hydrogen-bond acceptors (Lipinski definition) is 4. The fourth-order valence-electron chi connectivity index (χ4n) is 1.77. The number of hydrogen-bond donors (Lipinski definition) is 2. The average molecular weight is 192 g/mol. The van der Waals surface area contributed by atoms with Crippen LogP contribution in [0.1, 0.15) is 19.3 Å². The second kappa shape index (κ2) is 4.91. The maximum atomic E-state index is 4.15. The molecule has 1 atom stereocenters. The molecule has 0 unspecified atom stereocenters. The number of rotatable bonds is 4. The van der Waals surface area contributed by atoms with Crippen LogP contribution in [0, 0.1) is 0 Å². The third-order valence-electron chi connectivity index (χ3n) is 2.52. The highest BCUT2D eigenvalue weighted by Crippen LogP contribution is 2.08. The molecule has 1 fully saturated rings. The van der Waals surface area contributed by atoms with Crippen molar-refractivity contribution in [3.8, 4) is 0 Å². The van der Waals surface area contributed by atoms with Crippen molar-refractivity contribution in [3.05, 3.63) is 18.6 Å². The van der Waals surface area contributed by atoms with Crippen LogP contribution >= 0.6 is 0 Å². The zero-order valence-corrected chi connectivity index (χ0v) is 8.24. The van der Waals surface area contributed by atoms with Gasteiger partial charge in [-0.3, -0.25) is 4.98 Å². The summed E-state index contributed by atoms with van der Waals surface area (Å²) in [6, 6.07) is 0.694. The minimum absolute atomic E-state index is 0.694. The molecule has 76 valence electrons. The van der Waals surface area contributed by atoms with Gasteiger partial charge in [0.1, 0.15) is 5.82 Å². The lowest BCUT2D eigenvalue weighted by Gasteiger charge is -2.10. The van der Waals surface area contributed by atoms with Crippen LogP contribution in [0.25, 0.3) is 0 Å². The molecule has 4 nitrogen and oxygen atoms in total. The monoisotopic (exact) mass is 192 g/mol. The Bertz CT molecular complexity index is 256. The Morgan fingerprint density at radius 1 is 1.50 bits per heavy atom. The first kappa shape index (κ1) is 9.40. The second-order valence-electron chi connectivity index (χ2n) is 3.60. The fraction of sp³-hybridized carbons (Fsp3) is 0.600. The summed E-state index contributed by atoms with van der Waals surface area (Å²) < 4.78 is 0. The van der Waals surface area contributed by atoms with Crippen molar-refractivity contribution >= 4 is 5.82 Å². The van der Waals surface area contributed by atoms with E-state index in [0.717, 1.165) is 18.8 Å². The van der Waals surface area contributed by atoms with Crippen LogP contribution in [0.2, 0.25) is 0 Å². The van der Waals surface area contributed by atoms with Crippen molar-refractivity contribution in [2.24, 2.45) is 0 Å². The van der Waals surface area contributed by atoms with Crippen molar-refractivity contribution in [3.63, 3.8) is 0 Å². The van der Waals surface area contributed by atoms with Gasteiger partial charge in [0.05, 0.1) is 6.20 Å². The Balaban J connectivity index is 1.67. The normalized spacial score (nSPS) is 21.0. The van der Waals surface area contributed by atoms with Crippen LogP contribution in [0.5, 0.6) is 0 Å². The molecular weight excluding hydrogens is 176 g/mol. The largest absolute Gasteiger partial charge is 0.369 e. The van der Waals surface area contributed by atoms with Gasteiger partial charge in [0.15, 0.2) is 0 Å². The standard InChI is InChI=1S/C10H16N4/c1-2-9(12-4-1)3-5-13-10-8-11-6-7-14-10/h6-9,12H,1-5H2,(H,13,14)/t9-/m0/s1. The van der Waals surface area contributed by atoms with Gasteiger partial charge >= 0.3 is 0 Å². The van der Waals surface area contributed by atoms with Gasteiger partial charge in [-0.25, -0.2) is 4.98 Å². The van der Waals surface area contributed by atoms with Crippen molar-refractivity contribution in [2.45, 2.75) is 25.3 Å². The highest BCUT2D eigenvalue weighted by Gasteiger charge is 2.12. The Labute approximate surface area is 84.2 Å². The molecule has 2 heterocycles. The van der Waals surface area contributed by atoms with Crippen LogP contribution in [-0.4, -0.2) is 29.1 Å². The molecule has 0 aliphatic carbocycles. The number of nitrogens with one attached hydrogen (secondary N) is 2. The van der Waals surface area contributed by atoms with Gasteiger partial charge in [-0.15, -0.1) is 0 Å². The quantitative estimate of drug-likeness (QED) is 0.748. The van der Waals surface area contributed by atoms with Gasteiger partial charge in [0, 0.05) is 25.0 Å². The van der Waals surface area contributed by atoms with E-state index in [-0.39, 0.29) is 0 Å². The van der Waals surface area contributed by atoms with Gasteiger partial charge in [0.25, 0.3) is 0 Å². The van der Waals surface area contributed by atoms with E-state index in [1.807, 2.05) is 0 Å². The Morgan fingerprint density at radius 2 is 2.50 bits per heavy atom. The zero-order valence-electron chi connectivity index (χ0n) is 8.24. The zero-order chi connectivity index (χ0) is 9.64. The van der Waals surface area contributed by atoms with Crippen molar-refractivity contribution in [1.82, 2.24) is 15.3 Å². The molecule has 1 aliphatic heterocycles. The molecular formula is C10H16N4. The first-order valence-corrected chi connectivity index (χ1v) is 5.18. The molecule has 1 saturated heterocycles. The molecule has 0 amide bonds. The summed E-state index contributed by atoms with van der Waals surface area (Å²) in [4.78, 5) is 8.14. The van der Waals surface area contributed by atoms with Gasteiger partial charge in [-0.05, 0) is 25.8 Å². The summed E-state index contributed by atoms with van der Waals surface area (Å²) in [7, 11) is 0. The molecule has 1 aromatic heterocycles. The van der Waals surface area contributed by atoms with Gasteiger partial charge in [-0.2, -0.15) is 0 Å². The minimum atomic E-state index is 0.694. The molecule has 0 bridgehead atoms. The lowest BCUT2D eigenvalue weighted by molar-refractivity contribution is 0.574. The first-order chi connectivity index (χ1) is 6.95. The van der Waals surface area contributed by atoms with Crippen LogP contribution in [0.3, 0.4) is 0 Å². The number of anilines is 1. The van der Waals surface area contributed by atoms with E-state index < -0.39 is 0 Å². The van der Waals surface area contributed by atoms with E-state index in [1.165, 1.54) is 19.4 Å². The molecule has 0 aromatic carbocycles. The molecule has 0 saturated carbocycles. The maximum Gasteiger partial charge on any atom is 0.144 e. The molecule has 2 N–H and O–H groups in total. The molecule has 14 heavy (non-hydrogen) atoms. The molecule has 0 spiro atoms. The SMILES string of the molecule is c1cnc(NCC[C@@H]2CCCN2)cn1. The van der Waals surface area contributed by atoms with Crippen molar-refractivity contribution < 1.29 is 0 Å². The van der Waals surface area contributed by atoms with Crippen LogP contribution < -0.4 is 10.6 Å². The summed E-state index contributed by atoms with van der Waals surface area (Å²) in [5, 5.41) is 6.72. The second-order valence-corrected chi connectivity index (χ2v) is 3.60. The average Bonchev–Trinajstić information content (AvgIpc) is 2.72. The minimum Gasteiger partial charge on any atom is -0.369 e. The fourth-order valence-corrected chi connectivity index (χ4v) is 1.77. The summed E-state index contributed by atoms with van der Waals surface area (Å²) >= 11 is 0. The van der Waals surface area contributed by atoms with E-state index in [1.54, 1.807) is 18.6 Å². The van der Waals surface area contributed by atoms with Gasteiger partial charge in [0.2, 0.25) is 0 Å². The molecule has 1 aromatic rings. The van der Waals surface area contributed by atoms with Crippen LogP contribution in [0.4, 0.5) is 5.82 Å². The Kier molecular flexibility index (Phi) is 3.29.